The van der Waals surface area contributed by atoms with Crippen LogP contribution >= 0.6 is 0 Å². The lowest BCUT2D eigenvalue weighted by atomic mass is 10.1. The molecule has 0 amide bonds. The van der Waals surface area contributed by atoms with Crippen LogP contribution in [0.1, 0.15) is 25.0 Å². The Balaban J connectivity index is 1.53. The minimum absolute atomic E-state index is 0.430. The van der Waals surface area contributed by atoms with Crippen molar-refractivity contribution in [2.75, 3.05) is 0 Å². The number of hydrogen-bond acceptors (Lipinski definition) is 3. The molecular weight excluding hydrogens is 346 g/mol. The van der Waals surface area contributed by atoms with Gasteiger partial charge in [0.1, 0.15) is 11.5 Å². The van der Waals surface area contributed by atoms with Gasteiger partial charge in [-0.25, -0.2) is 0 Å². The maximum absolute atomic E-state index is 5.55. The van der Waals surface area contributed by atoms with E-state index in [4.69, 9.17) is 8.83 Å². The van der Waals surface area contributed by atoms with Gasteiger partial charge in [-0.2, -0.15) is 0 Å². The van der Waals surface area contributed by atoms with E-state index in [0.29, 0.717) is 6.04 Å². The predicted octanol–water partition coefficient (Wildman–Crippen LogP) is 6.62. The van der Waals surface area contributed by atoms with Gasteiger partial charge in [0.2, 0.25) is 0 Å². The molecule has 0 bridgehead atoms. The number of benzene rings is 2. The van der Waals surface area contributed by atoms with Gasteiger partial charge in [0.25, 0.3) is 0 Å². The standard InChI is InChI=1S/C25H25NO2/c1-19(2)26(17-20-7-3-9-22(15-20)24-11-5-13-27-24)18-21-8-4-10-23(16-21)25-12-6-14-28-25/h3-16,19H,17-18H2,1-2H3. The van der Waals surface area contributed by atoms with E-state index in [1.54, 1.807) is 12.5 Å². The van der Waals surface area contributed by atoms with Crippen LogP contribution in [0.3, 0.4) is 0 Å². The van der Waals surface area contributed by atoms with Crippen molar-refractivity contribution in [3.8, 4) is 22.6 Å². The van der Waals surface area contributed by atoms with Gasteiger partial charge in [-0.3, -0.25) is 4.90 Å². The summed E-state index contributed by atoms with van der Waals surface area (Å²) < 4.78 is 11.1. The van der Waals surface area contributed by atoms with E-state index in [0.717, 1.165) is 35.7 Å². The lowest BCUT2D eigenvalue weighted by molar-refractivity contribution is 0.204. The van der Waals surface area contributed by atoms with Crippen LogP contribution in [0.15, 0.2) is 94.2 Å². The molecule has 0 aliphatic heterocycles. The average molecular weight is 371 g/mol. The van der Waals surface area contributed by atoms with Crippen molar-refractivity contribution in [1.29, 1.82) is 0 Å². The van der Waals surface area contributed by atoms with E-state index in [1.807, 2.05) is 24.3 Å². The minimum atomic E-state index is 0.430. The van der Waals surface area contributed by atoms with Crippen molar-refractivity contribution in [1.82, 2.24) is 4.90 Å². The summed E-state index contributed by atoms with van der Waals surface area (Å²) in [5.74, 6) is 1.81. The Labute approximate surface area is 166 Å². The molecule has 4 rings (SSSR count). The van der Waals surface area contributed by atoms with Crippen LogP contribution in [0.2, 0.25) is 0 Å². The molecule has 0 saturated carbocycles. The summed E-state index contributed by atoms with van der Waals surface area (Å²) in [5.41, 5.74) is 4.80. The summed E-state index contributed by atoms with van der Waals surface area (Å²) in [7, 11) is 0. The third kappa shape index (κ3) is 4.26. The van der Waals surface area contributed by atoms with Crippen LogP contribution in [0, 0.1) is 0 Å². The molecule has 0 fully saturated rings. The van der Waals surface area contributed by atoms with Crippen molar-refractivity contribution >= 4 is 0 Å². The Morgan fingerprint density at radius 2 is 1.18 bits per heavy atom. The second-order valence-electron chi connectivity index (χ2n) is 7.35. The van der Waals surface area contributed by atoms with Crippen LogP contribution in [-0.4, -0.2) is 10.9 Å². The zero-order valence-electron chi connectivity index (χ0n) is 16.3. The van der Waals surface area contributed by atoms with E-state index in [2.05, 4.69) is 67.3 Å². The first-order valence-corrected chi connectivity index (χ1v) is 9.69. The van der Waals surface area contributed by atoms with E-state index in [1.165, 1.54) is 11.1 Å². The Hall–Kier alpha value is -3.04. The smallest absolute Gasteiger partial charge is 0.133 e. The fraction of sp³-hybridized carbons (Fsp3) is 0.200. The molecule has 4 aromatic rings. The number of nitrogens with zero attached hydrogens (tertiary/aromatic N) is 1. The van der Waals surface area contributed by atoms with E-state index in [-0.39, 0.29) is 0 Å². The Kier molecular flexibility index (Phi) is 5.45. The lowest BCUT2D eigenvalue weighted by Crippen LogP contribution is -2.29. The van der Waals surface area contributed by atoms with Gasteiger partial charge in [-0.15, -0.1) is 0 Å². The molecule has 0 unspecified atom stereocenters. The second kappa shape index (κ2) is 8.32. The average Bonchev–Trinajstić information content (AvgIpc) is 3.42. The van der Waals surface area contributed by atoms with Crippen LogP contribution in [-0.2, 0) is 13.1 Å². The normalized spacial score (nSPS) is 11.4. The molecule has 2 aromatic carbocycles. The Bertz CT molecular complexity index is 921. The Morgan fingerprint density at radius 1 is 0.679 bits per heavy atom. The maximum Gasteiger partial charge on any atom is 0.133 e. The predicted molar refractivity (Wildman–Crippen MR) is 113 cm³/mol. The van der Waals surface area contributed by atoms with Gasteiger partial charge < -0.3 is 8.83 Å². The summed E-state index contributed by atoms with van der Waals surface area (Å²) in [6.07, 6.45) is 3.43. The van der Waals surface area contributed by atoms with Crippen LogP contribution in [0.5, 0.6) is 0 Å². The van der Waals surface area contributed by atoms with Crippen LogP contribution in [0.25, 0.3) is 22.6 Å². The molecule has 2 heterocycles. The highest BCUT2D eigenvalue weighted by Gasteiger charge is 2.13. The zero-order chi connectivity index (χ0) is 19.3. The molecule has 0 spiro atoms. The fourth-order valence-electron chi connectivity index (χ4n) is 3.42. The van der Waals surface area contributed by atoms with Crippen molar-refractivity contribution in [2.45, 2.75) is 33.0 Å². The Morgan fingerprint density at radius 3 is 1.57 bits per heavy atom. The summed E-state index contributed by atoms with van der Waals surface area (Å²) in [6, 6.07) is 25.5. The highest BCUT2D eigenvalue weighted by molar-refractivity contribution is 5.59. The van der Waals surface area contributed by atoms with Gasteiger partial charge in [0, 0.05) is 30.3 Å². The topological polar surface area (TPSA) is 29.5 Å². The van der Waals surface area contributed by atoms with Gasteiger partial charge >= 0.3 is 0 Å². The fourth-order valence-corrected chi connectivity index (χ4v) is 3.42. The molecule has 2 aromatic heterocycles. The third-order valence-electron chi connectivity index (χ3n) is 4.97. The van der Waals surface area contributed by atoms with E-state index >= 15 is 0 Å². The number of hydrogen-bond donors (Lipinski definition) is 0. The third-order valence-corrected chi connectivity index (χ3v) is 4.97. The largest absolute Gasteiger partial charge is 0.464 e. The molecule has 0 aliphatic rings. The molecule has 0 atom stereocenters. The summed E-state index contributed by atoms with van der Waals surface area (Å²) >= 11 is 0. The van der Waals surface area contributed by atoms with E-state index in [9.17, 15) is 0 Å². The van der Waals surface area contributed by atoms with Crippen LogP contribution in [0.4, 0.5) is 0 Å². The highest BCUT2D eigenvalue weighted by Crippen LogP contribution is 2.24. The van der Waals surface area contributed by atoms with Gasteiger partial charge in [-0.05, 0) is 61.4 Å². The lowest BCUT2D eigenvalue weighted by Gasteiger charge is -2.27. The second-order valence-corrected chi connectivity index (χ2v) is 7.35. The molecule has 3 heteroatoms. The molecular formula is C25H25NO2. The number of rotatable bonds is 7. The van der Waals surface area contributed by atoms with Crippen molar-refractivity contribution < 1.29 is 8.83 Å². The molecule has 0 N–H and O–H groups in total. The van der Waals surface area contributed by atoms with Crippen LogP contribution < -0.4 is 0 Å². The maximum atomic E-state index is 5.55. The first-order valence-electron chi connectivity index (χ1n) is 9.69. The summed E-state index contributed by atoms with van der Waals surface area (Å²) in [6.45, 7) is 6.26. The van der Waals surface area contributed by atoms with Crippen molar-refractivity contribution in [2.24, 2.45) is 0 Å². The highest BCUT2D eigenvalue weighted by atomic mass is 16.3. The molecule has 0 aliphatic carbocycles. The SMILES string of the molecule is CC(C)N(Cc1cccc(-c2ccco2)c1)Cc1cccc(-c2ccco2)c1. The van der Waals surface area contributed by atoms with E-state index < -0.39 is 0 Å². The van der Waals surface area contributed by atoms with Gasteiger partial charge in [0.05, 0.1) is 12.5 Å². The van der Waals surface area contributed by atoms with Crippen molar-refractivity contribution in [3.63, 3.8) is 0 Å². The number of furan rings is 2. The molecule has 28 heavy (non-hydrogen) atoms. The monoisotopic (exact) mass is 371 g/mol. The minimum Gasteiger partial charge on any atom is -0.464 e. The first kappa shape index (κ1) is 18.3. The molecule has 142 valence electrons. The zero-order valence-corrected chi connectivity index (χ0v) is 16.3. The molecule has 0 saturated heterocycles. The first-order chi connectivity index (χ1) is 13.7. The molecule has 0 radical (unpaired) electrons. The summed E-state index contributed by atoms with van der Waals surface area (Å²) in [5, 5.41) is 0. The van der Waals surface area contributed by atoms with Gasteiger partial charge in [0.15, 0.2) is 0 Å². The van der Waals surface area contributed by atoms with Crippen molar-refractivity contribution in [3.05, 3.63) is 96.4 Å². The molecule has 3 nitrogen and oxygen atoms in total. The van der Waals surface area contributed by atoms with Gasteiger partial charge in [-0.1, -0.05) is 36.4 Å². The quantitative estimate of drug-likeness (QED) is 0.366. The summed E-state index contributed by atoms with van der Waals surface area (Å²) in [4.78, 5) is 2.47.